The van der Waals surface area contributed by atoms with Crippen molar-refractivity contribution >= 4 is 38.7 Å². The predicted molar refractivity (Wildman–Crippen MR) is 133 cm³/mol. The number of nitrogens with zero attached hydrogens (tertiary/aromatic N) is 1. The third-order valence-electron chi connectivity index (χ3n) is 5.35. The van der Waals surface area contributed by atoms with Crippen LogP contribution in [0.15, 0.2) is 77.8 Å². The van der Waals surface area contributed by atoms with Crippen LogP contribution in [-0.2, 0) is 16.4 Å². The minimum Gasteiger partial charge on any atom is -0.454 e. The SMILES string of the molecule is CS(=O)(=O)c1ccc(-c2ncc(CNC(=O)c3ccc4c(c3)NC(=O)c3ccccc3O4)s2)cc1. The molecule has 3 aromatic carbocycles. The highest BCUT2D eigenvalue weighted by Gasteiger charge is 2.21. The van der Waals surface area contributed by atoms with Gasteiger partial charge >= 0.3 is 0 Å². The van der Waals surface area contributed by atoms with Crippen LogP contribution in [0.3, 0.4) is 0 Å². The first kappa shape index (κ1) is 22.8. The summed E-state index contributed by atoms with van der Waals surface area (Å²) in [5, 5.41) is 6.37. The van der Waals surface area contributed by atoms with Crippen LogP contribution in [0.5, 0.6) is 11.5 Å². The number of thiazole rings is 1. The number of fused-ring (bicyclic) bond motifs is 2. The number of carbonyl (C=O) groups is 2. The van der Waals surface area contributed by atoms with Crippen molar-refractivity contribution in [1.82, 2.24) is 10.3 Å². The van der Waals surface area contributed by atoms with Crippen molar-refractivity contribution in [3.05, 3.63) is 88.9 Å². The molecule has 0 saturated carbocycles. The van der Waals surface area contributed by atoms with Crippen molar-refractivity contribution in [2.24, 2.45) is 0 Å². The quantitative estimate of drug-likeness (QED) is 0.413. The predicted octanol–water partition coefficient (Wildman–Crippen LogP) is 4.50. The van der Waals surface area contributed by atoms with E-state index in [0.29, 0.717) is 28.3 Å². The maximum Gasteiger partial charge on any atom is 0.259 e. The highest BCUT2D eigenvalue weighted by atomic mass is 32.2. The van der Waals surface area contributed by atoms with Gasteiger partial charge in [0.1, 0.15) is 10.8 Å². The Bertz CT molecular complexity index is 1560. The van der Waals surface area contributed by atoms with Crippen LogP contribution in [0, 0.1) is 0 Å². The summed E-state index contributed by atoms with van der Waals surface area (Å²) < 4.78 is 29.1. The van der Waals surface area contributed by atoms with Crippen LogP contribution in [-0.4, -0.2) is 31.5 Å². The van der Waals surface area contributed by atoms with Gasteiger partial charge in [-0.2, -0.15) is 0 Å². The fourth-order valence-electron chi connectivity index (χ4n) is 3.55. The molecule has 1 aliphatic rings. The summed E-state index contributed by atoms with van der Waals surface area (Å²) in [5.74, 6) is 0.289. The normalized spacial score (nSPS) is 12.5. The number of sulfone groups is 1. The molecule has 0 bridgehead atoms. The molecule has 0 saturated heterocycles. The molecule has 2 N–H and O–H groups in total. The van der Waals surface area contributed by atoms with Gasteiger partial charge in [0.25, 0.3) is 11.8 Å². The Labute approximate surface area is 205 Å². The van der Waals surface area contributed by atoms with Gasteiger partial charge in [-0.3, -0.25) is 9.59 Å². The average Bonchev–Trinajstić information content (AvgIpc) is 3.27. The number of benzene rings is 3. The molecule has 35 heavy (non-hydrogen) atoms. The summed E-state index contributed by atoms with van der Waals surface area (Å²) in [4.78, 5) is 30.7. The largest absolute Gasteiger partial charge is 0.454 e. The maximum atomic E-state index is 12.8. The zero-order valence-electron chi connectivity index (χ0n) is 18.4. The van der Waals surface area contributed by atoms with Crippen LogP contribution in [0.2, 0.25) is 0 Å². The number of nitrogens with one attached hydrogen (secondary N) is 2. The number of hydrogen-bond acceptors (Lipinski definition) is 7. The number of amides is 2. The van der Waals surface area contributed by atoms with Crippen molar-refractivity contribution in [2.45, 2.75) is 11.4 Å². The van der Waals surface area contributed by atoms with Gasteiger partial charge in [-0.25, -0.2) is 13.4 Å². The molecule has 10 heteroatoms. The van der Waals surface area contributed by atoms with Gasteiger partial charge in [-0.1, -0.05) is 24.3 Å². The zero-order chi connectivity index (χ0) is 24.6. The zero-order valence-corrected chi connectivity index (χ0v) is 20.1. The third-order valence-corrected chi connectivity index (χ3v) is 7.52. The molecular weight excluding hydrogens is 486 g/mol. The van der Waals surface area contributed by atoms with Crippen molar-refractivity contribution in [2.75, 3.05) is 11.6 Å². The van der Waals surface area contributed by atoms with Crippen LogP contribution in [0.4, 0.5) is 5.69 Å². The lowest BCUT2D eigenvalue weighted by atomic mass is 10.1. The van der Waals surface area contributed by atoms with E-state index in [-0.39, 0.29) is 23.3 Å². The average molecular weight is 506 g/mol. The lowest BCUT2D eigenvalue weighted by molar-refractivity contribution is 0.0950. The number of ether oxygens (including phenoxy) is 1. The third kappa shape index (κ3) is 4.79. The van der Waals surface area contributed by atoms with E-state index in [2.05, 4.69) is 15.6 Å². The van der Waals surface area contributed by atoms with Gasteiger partial charge in [0, 0.05) is 28.5 Å². The van der Waals surface area contributed by atoms with Crippen LogP contribution in [0.25, 0.3) is 10.6 Å². The highest BCUT2D eigenvalue weighted by molar-refractivity contribution is 7.90. The molecule has 0 unspecified atom stereocenters. The van der Waals surface area contributed by atoms with Crippen LogP contribution in [0.1, 0.15) is 25.6 Å². The summed E-state index contributed by atoms with van der Waals surface area (Å²) in [7, 11) is -3.26. The molecule has 0 spiro atoms. The number of carbonyl (C=O) groups excluding carboxylic acids is 2. The van der Waals surface area contributed by atoms with Crippen LogP contribution >= 0.6 is 11.3 Å². The lowest BCUT2D eigenvalue weighted by Crippen LogP contribution is -2.22. The first-order chi connectivity index (χ1) is 16.8. The van der Waals surface area contributed by atoms with Gasteiger partial charge in [0.15, 0.2) is 15.6 Å². The first-order valence-corrected chi connectivity index (χ1v) is 13.2. The van der Waals surface area contributed by atoms with Crippen molar-refractivity contribution in [3.63, 3.8) is 0 Å². The molecule has 1 aliphatic heterocycles. The molecule has 8 nitrogen and oxygen atoms in total. The van der Waals surface area contributed by atoms with Crippen molar-refractivity contribution < 1.29 is 22.7 Å². The summed E-state index contributed by atoms with van der Waals surface area (Å²) in [5.41, 5.74) is 2.00. The van der Waals surface area contributed by atoms with Gasteiger partial charge in [0.2, 0.25) is 0 Å². The molecule has 2 heterocycles. The number of hydrogen-bond donors (Lipinski definition) is 2. The Hall–Kier alpha value is -4.02. The topological polar surface area (TPSA) is 114 Å². The van der Waals surface area contributed by atoms with E-state index in [9.17, 15) is 18.0 Å². The lowest BCUT2D eigenvalue weighted by Gasteiger charge is -2.10. The molecule has 176 valence electrons. The molecular formula is C25H19N3O5S2. The molecule has 1 aromatic heterocycles. The maximum absolute atomic E-state index is 12.8. The van der Waals surface area contributed by atoms with E-state index in [0.717, 1.165) is 21.7 Å². The summed E-state index contributed by atoms with van der Waals surface area (Å²) in [6, 6.07) is 18.3. The Morgan fingerprint density at radius 2 is 1.83 bits per heavy atom. The fraction of sp³-hybridized carbons (Fsp3) is 0.0800. The van der Waals surface area contributed by atoms with Crippen molar-refractivity contribution in [1.29, 1.82) is 0 Å². The highest BCUT2D eigenvalue weighted by Crippen LogP contribution is 2.36. The second-order valence-electron chi connectivity index (χ2n) is 7.87. The Balaban J connectivity index is 1.27. The van der Waals surface area contributed by atoms with Gasteiger partial charge in [-0.15, -0.1) is 11.3 Å². The number of para-hydroxylation sites is 1. The number of anilines is 1. The van der Waals surface area contributed by atoms with E-state index in [1.165, 1.54) is 11.3 Å². The van der Waals surface area contributed by atoms with Crippen LogP contribution < -0.4 is 15.4 Å². The van der Waals surface area contributed by atoms with E-state index < -0.39 is 9.84 Å². The summed E-state index contributed by atoms with van der Waals surface area (Å²) >= 11 is 1.40. The minimum absolute atomic E-state index is 0.247. The van der Waals surface area contributed by atoms with E-state index in [1.54, 1.807) is 72.9 Å². The molecule has 0 fully saturated rings. The Morgan fingerprint density at radius 3 is 2.60 bits per heavy atom. The van der Waals surface area contributed by atoms with E-state index >= 15 is 0 Å². The molecule has 0 aliphatic carbocycles. The standard InChI is InChI=1S/C25H19N3O5S2/c1-35(31,32)18-9-6-15(7-10-18)25-27-14-17(34-25)13-26-23(29)16-8-11-22-20(12-16)28-24(30)19-4-2-3-5-21(19)33-22/h2-12,14H,13H2,1H3,(H,26,29)(H,28,30). The molecule has 0 radical (unpaired) electrons. The van der Waals surface area contributed by atoms with Gasteiger partial charge < -0.3 is 15.4 Å². The first-order valence-electron chi connectivity index (χ1n) is 10.5. The Kier molecular flexibility index (Phi) is 5.83. The molecule has 2 amide bonds. The second kappa shape index (κ2) is 8.97. The summed E-state index contributed by atoms with van der Waals surface area (Å²) in [6.07, 6.45) is 2.84. The van der Waals surface area contributed by atoms with Crippen molar-refractivity contribution in [3.8, 4) is 22.1 Å². The molecule has 5 rings (SSSR count). The molecule has 4 aromatic rings. The summed E-state index contributed by atoms with van der Waals surface area (Å²) in [6.45, 7) is 0.267. The van der Waals surface area contributed by atoms with E-state index in [1.807, 2.05) is 0 Å². The van der Waals surface area contributed by atoms with Gasteiger partial charge in [0.05, 0.1) is 22.7 Å². The number of rotatable bonds is 5. The second-order valence-corrected chi connectivity index (χ2v) is 11.0. The van der Waals surface area contributed by atoms with Gasteiger partial charge in [-0.05, 0) is 42.5 Å². The monoisotopic (exact) mass is 505 g/mol. The number of aromatic nitrogens is 1. The smallest absolute Gasteiger partial charge is 0.259 e. The molecule has 0 atom stereocenters. The van der Waals surface area contributed by atoms with E-state index in [4.69, 9.17) is 4.74 Å². The Morgan fingerprint density at radius 1 is 1.06 bits per heavy atom. The fourth-order valence-corrected chi connectivity index (χ4v) is 5.03. The minimum atomic E-state index is -3.26.